The number of para-hydroxylation sites is 1. The summed E-state index contributed by atoms with van der Waals surface area (Å²) < 4.78 is 24.1. The van der Waals surface area contributed by atoms with Crippen LogP contribution in [0.2, 0.25) is 0 Å². The van der Waals surface area contributed by atoms with Crippen LogP contribution in [0.4, 0.5) is 17.2 Å². The lowest BCUT2D eigenvalue weighted by atomic mass is 9.91. The molecule has 2 unspecified atom stereocenters. The first-order valence-electron chi connectivity index (χ1n) is 26.9. The first-order chi connectivity index (χ1) is 38.3. The van der Waals surface area contributed by atoms with E-state index in [1.165, 1.54) is 4.90 Å². The Bertz CT molecular complexity index is 3340. The largest absolute Gasteiger partial charge is 0.507 e. The Balaban J connectivity index is 0.614. The highest BCUT2D eigenvalue weighted by Crippen LogP contribution is 2.41. The maximum atomic E-state index is 14.2. The number of aromatic hydroxyl groups is 1. The van der Waals surface area contributed by atoms with Crippen LogP contribution in [0.25, 0.3) is 21.7 Å². The fraction of sp³-hybridized carbons (Fsp3) is 0.390. The molecule has 1 saturated carbocycles. The Morgan fingerprint density at radius 2 is 1.68 bits per heavy atom. The van der Waals surface area contributed by atoms with E-state index in [2.05, 4.69) is 63.3 Å². The van der Waals surface area contributed by atoms with Gasteiger partial charge in [-0.3, -0.25) is 9.59 Å². The number of pyridine rings is 2. The van der Waals surface area contributed by atoms with Crippen LogP contribution < -0.4 is 35.1 Å². The number of piperazine rings is 1. The molecule has 1 aliphatic carbocycles. The number of phenolic OH excluding ortho intramolecular Hbond substituents is 1. The van der Waals surface area contributed by atoms with Crippen molar-refractivity contribution in [2.45, 2.75) is 115 Å². The molecule has 7 aromatic rings. The number of fused-ring (bicyclic) bond motifs is 2. The van der Waals surface area contributed by atoms with Crippen LogP contribution >= 0.6 is 11.3 Å². The monoisotopic (exact) mass is 1090 g/mol. The number of aromatic nitrogens is 6. The van der Waals surface area contributed by atoms with Gasteiger partial charge in [-0.2, -0.15) is 0 Å². The summed E-state index contributed by atoms with van der Waals surface area (Å²) in [6, 6.07) is 25.8. The Morgan fingerprint density at radius 3 is 2.42 bits per heavy atom. The van der Waals surface area contributed by atoms with Crippen LogP contribution in [-0.4, -0.2) is 120 Å². The third-order valence-electron chi connectivity index (χ3n) is 15.3. The van der Waals surface area contributed by atoms with Gasteiger partial charge in [-0.15, -0.1) is 21.5 Å². The molecule has 20 heteroatoms. The molecule has 5 aromatic heterocycles. The van der Waals surface area contributed by atoms with Gasteiger partial charge < -0.3 is 54.7 Å². The molecule has 6 atom stereocenters. The zero-order valence-corrected chi connectivity index (χ0v) is 45.3. The maximum absolute atomic E-state index is 14.2. The predicted octanol–water partition coefficient (Wildman–Crippen LogP) is 7.89. The first-order valence-corrected chi connectivity index (χ1v) is 27.8. The molecule has 2 bridgehead atoms. The van der Waals surface area contributed by atoms with Gasteiger partial charge in [-0.25, -0.2) is 15.0 Å². The van der Waals surface area contributed by atoms with Crippen LogP contribution in [0.15, 0.2) is 107 Å². The minimum Gasteiger partial charge on any atom is -0.507 e. The molecule has 4 aliphatic rings. The molecule has 3 aliphatic heterocycles. The van der Waals surface area contributed by atoms with Crippen molar-refractivity contribution in [1.82, 2.24) is 40.5 Å². The van der Waals surface area contributed by atoms with Gasteiger partial charge in [0.15, 0.2) is 11.6 Å². The van der Waals surface area contributed by atoms with Crippen LogP contribution in [0.5, 0.6) is 23.3 Å². The number of benzene rings is 2. The Morgan fingerprint density at radius 1 is 0.899 bits per heavy atom. The second kappa shape index (κ2) is 23.0. The average Bonchev–Trinajstić information content (AvgIpc) is 4.40. The third kappa shape index (κ3) is 11.6. The molecule has 2 aromatic carbocycles. The van der Waals surface area contributed by atoms with Crippen molar-refractivity contribution in [3.05, 3.63) is 126 Å². The van der Waals surface area contributed by atoms with Crippen LogP contribution in [-0.2, 0) is 9.59 Å². The number of carbonyl (C=O) groups excluding carboxylic acids is 2. The standard InChI is InChI=1S/C59H63N11O8S/c1-34(2)55(59(74)69-32-43(71)24-50(69)58(73)64-35(3)37-12-14-38(15-13-37)56-36(4)63-33-79-56)52-28-54(67-78-52)75-22-8-7-9-39-16-19-44(29-62-39)76-45-25-46(26-45)77-53-23-40(20-21-61-53)70-41-17-18-42(70)31-68(30-41)49-27-48(65-66-57(49)60)47-10-5-6-11-51(47)72/h5-6,10-16,19-21,23,27-29,33-35,41-43,45-46,50,55,71-72H,8,17-18,22,24-26,30-32H2,1-4H3,(H2,60,66)(H,64,73)/t35-,41?,42?,43+,45-,46-,50-,55+/m0/s1. The number of thiazole rings is 1. The zero-order valence-electron chi connectivity index (χ0n) is 44.4. The van der Waals surface area contributed by atoms with Gasteiger partial charge in [0, 0.05) is 87.0 Å². The van der Waals surface area contributed by atoms with E-state index in [-0.39, 0.29) is 79.3 Å². The number of rotatable bonds is 17. The molecular weight excluding hydrogens is 1020 g/mol. The van der Waals surface area contributed by atoms with Gasteiger partial charge in [0.1, 0.15) is 48.0 Å². The highest BCUT2D eigenvalue weighted by Gasteiger charge is 2.44. The highest BCUT2D eigenvalue weighted by atomic mass is 32.1. The van der Waals surface area contributed by atoms with Gasteiger partial charge in [0.2, 0.25) is 17.7 Å². The number of β-amino-alcohol motifs (C(OH)–C–C–N with tert-alkyl or cyclic N) is 1. The normalized spacial score (nSPS) is 21.2. The molecular formula is C59H63N11O8S. The number of anilines is 3. The van der Waals surface area contributed by atoms with Crippen molar-refractivity contribution in [2.75, 3.05) is 41.8 Å². The van der Waals surface area contributed by atoms with Crippen molar-refractivity contribution in [3.63, 3.8) is 0 Å². The lowest BCUT2D eigenvalue weighted by molar-refractivity contribution is -0.141. The third-order valence-corrected chi connectivity index (χ3v) is 16.3. The van der Waals surface area contributed by atoms with E-state index in [0.717, 1.165) is 71.8 Å². The number of amides is 2. The van der Waals surface area contributed by atoms with E-state index in [4.69, 9.17) is 24.5 Å². The van der Waals surface area contributed by atoms with Crippen molar-refractivity contribution in [2.24, 2.45) is 5.92 Å². The average molecular weight is 1090 g/mol. The van der Waals surface area contributed by atoms with Gasteiger partial charge >= 0.3 is 0 Å². The summed E-state index contributed by atoms with van der Waals surface area (Å²) in [6.45, 7) is 9.48. The summed E-state index contributed by atoms with van der Waals surface area (Å²) in [4.78, 5) is 48.6. The zero-order chi connectivity index (χ0) is 54.7. The fourth-order valence-corrected chi connectivity index (χ4v) is 12.0. The minimum atomic E-state index is -0.851. The first kappa shape index (κ1) is 52.8. The number of hydrogen-bond donors (Lipinski definition) is 4. The van der Waals surface area contributed by atoms with Crippen molar-refractivity contribution in [1.29, 1.82) is 0 Å². The second-order valence-electron chi connectivity index (χ2n) is 21.1. The molecule has 8 heterocycles. The number of nitrogens with two attached hydrogens (primary N) is 1. The van der Waals surface area contributed by atoms with Crippen LogP contribution in [0.3, 0.4) is 0 Å². The topological polar surface area (TPSA) is 241 Å². The number of aliphatic hydroxyl groups excluding tert-OH is 1. The predicted molar refractivity (Wildman–Crippen MR) is 298 cm³/mol. The number of aryl methyl sites for hydroxylation is 1. The molecule has 0 radical (unpaired) electrons. The smallest absolute Gasteiger partial charge is 0.254 e. The lowest BCUT2D eigenvalue weighted by Gasteiger charge is -2.43. The van der Waals surface area contributed by atoms with E-state index < -0.39 is 18.1 Å². The van der Waals surface area contributed by atoms with E-state index >= 15 is 0 Å². The Kier molecular flexibility index (Phi) is 15.3. The lowest BCUT2D eigenvalue weighted by Crippen LogP contribution is -2.54. The summed E-state index contributed by atoms with van der Waals surface area (Å²) in [5.74, 6) is 6.83. The number of nitrogens with one attached hydrogen (secondary N) is 1. The highest BCUT2D eigenvalue weighted by molar-refractivity contribution is 7.13. The number of ether oxygens (including phenoxy) is 3. The summed E-state index contributed by atoms with van der Waals surface area (Å²) in [5.41, 5.74) is 14.8. The van der Waals surface area contributed by atoms with Crippen molar-refractivity contribution >= 4 is 40.3 Å². The minimum absolute atomic E-state index is 0.0132. The number of phenols is 1. The van der Waals surface area contributed by atoms with Gasteiger partial charge in [0.25, 0.3) is 5.88 Å². The number of nitrogens with zero attached hydrogens (tertiary/aromatic N) is 9. The molecule has 4 fully saturated rings. The van der Waals surface area contributed by atoms with Gasteiger partial charge in [-0.1, -0.05) is 56.2 Å². The van der Waals surface area contributed by atoms with Crippen molar-refractivity contribution in [3.8, 4) is 56.8 Å². The number of aliphatic hydroxyl groups is 1. The van der Waals surface area contributed by atoms with Crippen LogP contribution in [0.1, 0.15) is 94.0 Å². The molecule has 79 heavy (non-hydrogen) atoms. The molecule has 19 nitrogen and oxygen atoms in total. The molecule has 5 N–H and O–H groups in total. The fourth-order valence-electron chi connectivity index (χ4n) is 11.2. The van der Waals surface area contributed by atoms with E-state index in [0.29, 0.717) is 46.6 Å². The maximum Gasteiger partial charge on any atom is 0.254 e. The molecule has 408 valence electrons. The van der Waals surface area contributed by atoms with Gasteiger partial charge in [-0.05, 0) is 91.2 Å². The number of hydrogen-bond acceptors (Lipinski definition) is 18. The van der Waals surface area contributed by atoms with Crippen molar-refractivity contribution < 1.29 is 38.5 Å². The van der Waals surface area contributed by atoms with Gasteiger partial charge in [0.05, 0.1) is 45.8 Å². The SMILES string of the molecule is Cc1ncsc1-c1ccc([C@H](C)NC(=O)[C@@H]2C[C@@H](O)CN2C(=O)[C@@H](c2cc(OCCC#Cc3ccc(O[C@H]4C[C@H](Oc5cc(N6C7CCC6CN(c6cc(-c8ccccc8O)nnc6N)C7)ccn5)C4)cn3)no2)C(C)C)cc1. The number of carbonyl (C=O) groups is 2. The number of nitrogen functional groups attached to an aromatic ring is 1. The quantitative estimate of drug-likeness (QED) is 0.0501. The molecule has 3 saturated heterocycles. The summed E-state index contributed by atoms with van der Waals surface area (Å²) >= 11 is 1.58. The summed E-state index contributed by atoms with van der Waals surface area (Å²) in [5, 5.41) is 36.8. The summed E-state index contributed by atoms with van der Waals surface area (Å²) in [7, 11) is 0. The Labute approximate surface area is 462 Å². The molecule has 11 rings (SSSR count). The number of likely N-dealkylation sites (tertiary alicyclic amines) is 1. The van der Waals surface area contributed by atoms with Crippen LogP contribution in [0, 0.1) is 24.7 Å². The van der Waals surface area contributed by atoms with E-state index in [1.54, 1.807) is 35.7 Å². The Hall–Kier alpha value is -8.28. The van der Waals surface area contributed by atoms with E-state index in [9.17, 15) is 19.8 Å². The molecule has 2 amide bonds. The molecule has 0 spiro atoms. The summed E-state index contributed by atoms with van der Waals surface area (Å²) in [6.07, 6.45) is 6.66. The second-order valence-corrected chi connectivity index (χ2v) is 22.0. The van der Waals surface area contributed by atoms with E-state index in [1.807, 2.05) is 100 Å².